The Labute approximate surface area is 177 Å². The number of amides is 2. The smallest absolute Gasteiger partial charge is 0.251 e. The Hall–Kier alpha value is -3.12. The first kappa shape index (κ1) is 21.6. The number of rotatable bonds is 10. The quantitative estimate of drug-likeness (QED) is 0.467. The van der Waals surface area contributed by atoms with Crippen molar-refractivity contribution in [1.82, 2.24) is 10.2 Å². The summed E-state index contributed by atoms with van der Waals surface area (Å²) >= 11 is 0. The molecule has 2 aromatic rings. The third-order valence-corrected chi connectivity index (χ3v) is 4.65. The van der Waals surface area contributed by atoms with Crippen LogP contribution in [0.4, 0.5) is 5.69 Å². The van der Waals surface area contributed by atoms with Crippen molar-refractivity contribution in [3.05, 3.63) is 65.7 Å². The van der Waals surface area contributed by atoms with E-state index in [1.165, 1.54) is 6.08 Å². The van der Waals surface area contributed by atoms with Crippen LogP contribution in [-0.4, -0.2) is 50.0 Å². The molecule has 158 valence electrons. The van der Waals surface area contributed by atoms with Crippen LogP contribution in [0, 0.1) is 0 Å². The van der Waals surface area contributed by atoms with Crippen LogP contribution in [0.5, 0.6) is 5.75 Å². The summed E-state index contributed by atoms with van der Waals surface area (Å²) in [6.07, 6.45) is 6.29. The zero-order valence-corrected chi connectivity index (χ0v) is 17.6. The first-order valence-electron chi connectivity index (χ1n) is 10.3. The predicted molar refractivity (Wildman–Crippen MR) is 120 cm³/mol. The van der Waals surface area contributed by atoms with E-state index in [4.69, 9.17) is 4.74 Å². The van der Waals surface area contributed by atoms with Crippen LogP contribution < -0.4 is 15.4 Å². The number of carbonyl (C=O) groups is 2. The first-order valence-corrected chi connectivity index (χ1v) is 10.3. The Bertz CT molecular complexity index is 870. The molecule has 30 heavy (non-hydrogen) atoms. The highest BCUT2D eigenvalue weighted by molar-refractivity contribution is 6.02. The Morgan fingerprint density at radius 3 is 2.40 bits per heavy atom. The monoisotopic (exact) mass is 407 g/mol. The summed E-state index contributed by atoms with van der Waals surface area (Å²) in [4.78, 5) is 26.3. The van der Waals surface area contributed by atoms with E-state index in [0.29, 0.717) is 23.9 Å². The fourth-order valence-corrected chi connectivity index (χ4v) is 2.80. The van der Waals surface area contributed by atoms with Crippen molar-refractivity contribution in [3.63, 3.8) is 0 Å². The van der Waals surface area contributed by atoms with Gasteiger partial charge in [-0.2, -0.15) is 0 Å². The van der Waals surface area contributed by atoms with Crippen molar-refractivity contribution in [2.24, 2.45) is 0 Å². The summed E-state index contributed by atoms with van der Waals surface area (Å²) < 4.78 is 5.69. The fourth-order valence-electron chi connectivity index (χ4n) is 2.80. The van der Waals surface area contributed by atoms with Crippen molar-refractivity contribution in [2.75, 3.05) is 32.6 Å². The molecule has 0 aliphatic heterocycles. The fraction of sp³-hybridized carbons (Fsp3) is 0.333. The standard InChI is InChI=1S/C24H29N3O3/c1-27(2)16-3-17-30-22-13-11-20(12-14-22)25-23(28)15-6-18-4-7-19(8-5-18)24(29)26-21-9-10-21/h4-8,11-15,21H,3,9-10,16-17H2,1-2H3,(H,25,28)(H,26,29)/b15-6+. The largest absolute Gasteiger partial charge is 0.494 e. The number of anilines is 1. The minimum atomic E-state index is -0.217. The lowest BCUT2D eigenvalue weighted by Crippen LogP contribution is -2.25. The van der Waals surface area contributed by atoms with Crippen LogP contribution in [0.1, 0.15) is 35.2 Å². The minimum absolute atomic E-state index is 0.0455. The third-order valence-electron chi connectivity index (χ3n) is 4.65. The molecule has 1 saturated carbocycles. The third kappa shape index (κ3) is 7.37. The Balaban J connectivity index is 1.44. The number of ether oxygens (including phenoxy) is 1. The number of hydrogen-bond donors (Lipinski definition) is 2. The molecular weight excluding hydrogens is 378 g/mol. The van der Waals surface area contributed by atoms with Crippen LogP contribution in [-0.2, 0) is 4.79 Å². The normalized spacial score (nSPS) is 13.4. The van der Waals surface area contributed by atoms with Gasteiger partial charge in [0.2, 0.25) is 5.91 Å². The molecule has 0 saturated heterocycles. The lowest BCUT2D eigenvalue weighted by atomic mass is 10.1. The minimum Gasteiger partial charge on any atom is -0.494 e. The second-order valence-electron chi connectivity index (χ2n) is 7.72. The molecule has 0 atom stereocenters. The molecule has 0 unspecified atom stereocenters. The molecule has 6 heteroatoms. The van der Waals surface area contributed by atoms with Crippen LogP contribution in [0.15, 0.2) is 54.6 Å². The zero-order chi connectivity index (χ0) is 21.3. The topological polar surface area (TPSA) is 70.7 Å². The lowest BCUT2D eigenvalue weighted by molar-refractivity contribution is -0.111. The highest BCUT2D eigenvalue weighted by Crippen LogP contribution is 2.19. The average molecular weight is 408 g/mol. The first-order chi connectivity index (χ1) is 14.5. The van der Waals surface area contributed by atoms with Crippen molar-refractivity contribution < 1.29 is 14.3 Å². The SMILES string of the molecule is CN(C)CCCOc1ccc(NC(=O)/C=C/c2ccc(C(=O)NC3CC3)cc2)cc1. The Kier molecular flexibility index (Phi) is 7.63. The van der Waals surface area contributed by atoms with Gasteiger partial charge in [0.1, 0.15) is 5.75 Å². The number of nitrogens with one attached hydrogen (secondary N) is 2. The predicted octanol–water partition coefficient (Wildman–Crippen LogP) is 3.56. The molecule has 2 aromatic carbocycles. The number of hydrogen-bond acceptors (Lipinski definition) is 4. The second-order valence-corrected chi connectivity index (χ2v) is 7.72. The molecule has 1 fully saturated rings. The van der Waals surface area contributed by atoms with Gasteiger partial charge in [-0.05, 0) is 81.4 Å². The van der Waals surface area contributed by atoms with Gasteiger partial charge < -0.3 is 20.3 Å². The van der Waals surface area contributed by atoms with Gasteiger partial charge in [-0.25, -0.2) is 0 Å². The van der Waals surface area contributed by atoms with Gasteiger partial charge in [0.05, 0.1) is 6.61 Å². The van der Waals surface area contributed by atoms with Gasteiger partial charge in [0.25, 0.3) is 5.91 Å². The summed E-state index contributed by atoms with van der Waals surface area (Å²) in [6.45, 7) is 1.64. The van der Waals surface area contributed by atoms with E-state index in [9.17, 15) is 9.59 Å². The highest BCUT2D eigenvalue weighted by Gasteiger charge is 2.23. The lowest BCUT2D eigenvalue weighted by Gasteiger charge is -2.10. The number of carbonyl (C=O) groups excluding carboxylic acids is 2. The molecule has 0 bridgehead atoms. The zero-order valence-electron chi connectivity index (χ0n) is 17.6. The average Bonchev–Trinajstić information content (AvgIpc) is 3.55. The summed E-state index contributed by atoms with van der Waals surface area (Å²) in [6, 6.07) is 14.9. The van der Waals surface area contributed by atoms with Crippen molar-refractivity contribution in [3.8, 4) is 5.75 Å². The van der Waals surface area contributed by atoms with Crippen molar-refractivity contribution in [1.29, 1.82) is 0 Å². The van der Waals surface area contributed by atoms with E-state index in [1.54, 1.807) is 18.2 Å². The Morgan fingerprint density at radius 2 is 1.77 bits per heavy atom. The van der Waals surface area contributed by atoms with E-state index in [2.05, 4.69) is 15.5 Å². The maximum Gasteiger partial charge on any atom is 0.251 e. The van der Waals surface area contributed by atoms with E-state index < -0.39 is 0 Å². The molecule has 2 amide bonds. The van der Waals surface area contributed by atoms with Gasteiger partial charge in [0.15, 0.2) is 0 Å². The highest BCUT2D eigenvalue weighted by atomic mass is 16.5. The maximum atomic E-state index is 12.2. The molecule has 0 aromatic heterocycles. The van der Waals surface area contributed by atoms with Crippen LogP contribution in [0.25, 0.3) is 6.08 Å². The van der Waals surface area contributed by atoms with Crippen LogP contribution >= 0.6 is 0 Å². The van der Waals surface area contributed by atoms with Gasteiger partial charge >= 0.3 is 0 Å². The van der Waals surface area contributed by atoms with Gasteiger partial charge in [-0.3, -0.25) is 9.59 Å². The van der Waals surface area contributed by atoms with E-state index in [0.717, 1.165) is 37.1 Å². The maximum absolute atomic E-state index is 12.2. The van der Waals surface area contributed by atoms with Gasteiger partial charge in [-0.15, -0.1) is 0 Å². The summed E-state index contributed by atoms with van der Waals surface area (Å²) in [5.74, 6) is 0.522. The van der Waals surface area contributed by atoms with E-state index >= 15 is 0 Å². The molecular formula is C24H29N3O3. The van der Waals surface area contributed by atoms with Gasteiger partial charge in [-0.1, -0.05) is 12.1 Å². The summed E-state index contributed by atoms with van der Waals surface area (Å²) in [7, 11) is 4.07. The number of benzene rings is 2. The molecule has 6 nitrogen and oxygen atoms in total. The van der Waals surface area contributed by atoms with Crippen molar-refractivity contribution >= 4 is 23.6 Å². The Morgan fingerprint density at radius 1 is 1.07 bits per heavy atom. The van der Waals surface area contributed by atoms with Crippen molar-refractivity contribution in [2.45, 2.75) is 25.3 Å². The molecule has 0 spiro atoms. The van der Waals surface area contributed by atoms with Gasteiger partial charge in [0, 0.05) is 29.9 Å². The second kappa shape index (κ2) is 10.6. The molecule has 0 heterocycles. The molecule has 1 aliphatic rings. The molecule has 0 radical (unpaired) electrons. The molecule has 3 rings (SSSR count). The van der Waals surface area contributed by atoms with Crippen LogP contribution in [0.2, 0.25) is 0 Å². The van der Waals surface area contributed by atoms with E-state index in [1.807, 2.05) is 50.5 Å². The van der Waals surface area contributed by atoms with E-state index in [-0.39, 0.29) is 11.8 Å². The van der Waals surface area contributed by atoms with Crippen LogP contribution in [0.3, 0.4) is 0 Å². The summed E-state index contributed by atoms with van der Waals surface area (Å²) in [5, 5.41) is 5.79. The molecule has 1 aliphatic carbocycles. The number of nitrogens with zero attached hydrogens (tertiary/aromatic N) is 1. The summed E-state index contributed by atoms with van der Waals surface area (Å²) in [5.41, 5.74) is 2.19. The molecule has 2 N–H and O–H groups in total.